The Labute approximate surface area is 97.9 Å². The molecule has 1 amide bonds. The molecule has 15 heavy (non-hydrogen) atoms. The smallest absolute Gasteiger partial charge is 0.250 e. The molecule has 0 aliphatic rings. The summed E-state index contributed by atoms with van der Waals surface area (Å²) in [6.07, 6.45) is 3.90. The molecule has 3 N–H and O–H groups in total. The summed E-state index contributed by atoms with van der Waals surface area (Å²) in [7, 11) is 3.36. The van der Waals surface area contributed by atoms with Crippen molar-refractivity contribution in [2.75, 3.05) is 14.1 Å². The number of carbonyl (C=O) groups is 1. The van der Waals surface area contributed by atoms with Crippen LogP contribution in [0.5, 0.6) is 0 Å². The molecule has 0 rings (SSSR count). The van der Waals surface area contributed by atoms with E-state index in [0.717, 1.165) is 6.26 Å². The lowest BCUT2D eigenvalue weighted by Gasteiger charge is -2.10. The lowest BCUT2D eigenvalue weighted by atomic mass is 10.2. The van der Waals surface area contributed by atoms with Crippen molar-refractivity contribution in [3.8, 4) is 0 Å². The first-order valence-corrected chi connectivity index (χ1v) is 5.05. The molecule has 84 valence electrons. The molecule has 0 aliphatic heterocycles. The average Bonchev–Trinajstić information content (AvgIpc) is 2.22. The summed E-state index contributed by atoms with van der Waals surface area (Å²) in [6.45, 7) is 1.70. The molecule has 0 bridgehead atoms. The first kappa shape index (κ1) is 13.8. The van der Waals surface area contributed by atoms with Crippen LogP contribution in [-0.2, 0) is 4.79 Å². The highest BCUT2D eigenvalue weighted by Gasteiger charge is 2.08. The number of amides is 1. The van der Waals surface area contributed by atoms with E-state index < -0.39 is 0 Å². The van der Waals surface area contributed by atoms with Crippen LogP contribution in [0.15, 0.2) is 34.2 Å². The summed E-state index contributed by atoms with van der Waals surface area (Å²) in [5, 5.41) is 8.54. The minimum Gasteiger partial charge on any atom is -0.513 e. The maximum absolute atomic E-state index is 11.5. The Balaban J connectivity index is 4.81. The van der Waals surface area contributed by atoms with Crippen molar-refractivity contribution >= 4 is 21.8 Å². The van der Waals surface area contributed by atoms with E-state index in [1.165, 1.54) is 11.0 Å². The highest BCUT2D eigenvalue weighted by atomic mass is 79.9. The Bertz CT molecular complexity index is 330. The standard InChI is InChI=1S/C10H15BrN2O2/c1-7(10(15)13(2)3)9(11)5-4-8(12)6-14/h4-6,14H,12H2,1-3H3/b5-4-,8-6-,9-7-. The molecule has 0 saturated carbocycles. The Morgan fingerprint density at radius 1 is 1.40 bits per heavy atom. The largest absolute Gasteiger partial charge is 0.513 e. The second-order valence-corrected chi connectivity index (χ2v) is 3.99. The van der Waals surface area contributed by atoms with Gasteiger partial charge in [0.2, 0.25) is 5.91 Å². The van der Waals surface area contributed by atoms with E-state index in [1.54, 1.807) is 27.1 Å². The molecule has 0 radical (unpaired) electrons. The van der Waals surface area contributed by atoms with Gasteiger partial charge in [0.1, 0.15) is 6.26 Å². The van der Waals surface area contributed by atoms with E-state index in [0.29, 0.717) is 10.1 Å². The van der Waals surface area contributed by atoms with Crippen LogP contribution in [-0.4, -0.2) is 30.0 Å². The van der Waals surface area contributed by atoms with Crippen molar-refractivity contribution in [2.45, 2.75) is 6.92 Å². The molecule has 0 heterocycles. The second kappa shape index (κ2) is 6.29. The molecule has 5 heteroatoms. The first-order chi connectivity index (χ1) is 6.90. The number of hydrogen-bond donors (Lipinski definition) is 2. The maximum atomic E-state index is 11.5. The molecule has 0 aromatic heterocycles. The van der Waals surface area contributed by atoms with Crippen molar-refractivity contribution in [1.29, 1.82) is 0 Å². The van der Waals surface area contributed by atoms with Crippen molar-refractivity contribution in [3.63, 3.8) is 0 Å². The fourth-order valence-electron chi connectivity index (χ4n) is 0.775. The number of aliphatic hydroxyl groups excluding tert-OH is 1. The van der Waals surface area contributed by atoms with Gasteiger partial charge in [-0.1, -0.05) is 15.9 Å². The topological polar surface area (TPSA) is 66.6 Å². The zero-order chi connectivity index (χ0) is 12.0. The Kier molecular flexibility index (Phi) is 5.77. The van der Waals surface area contributed by atoms with E-state index >= 15 is 0 Å². The van der Waals surface area contributed by atoms with Gasteiger partial charge in [0.05, 0.1) is 5.70 Å². The van der Waals surface area contributed by atoms with Crippen LogP contribution in [0.1, 0.15) is 6.92 Å². The summed E-state index contributed by atoms with van der Waals surface area (Å²) in [6, 6.07) is 0. The van der Waals surface area contributed by atoms with Crippen molar-refractivity contribution < 1.29 is 9.90 Å². The van der Waals surface area contributed by atoms with E-state index in [9.17, 15) is 4.79 Å². The van der Waals surface area contributed by atoms with Gasteiger partial charge < -0.3 is 15.7 Å². The van der Waals surface area contributed by atoms with Gasteiger partial charge in [-0.2, -0.15) is 0 Å². The number of carbonyl (C=O) groups excluding carboxylic acids is 1. The van der Waals surface area contributed by atoms with E-state index in [1.807, 2.05) is 0 Å². The highest BCUT2D eigenvalue weighted by Crippen LogP contribution is 2.15. The van der Waals surface area contributed by atoms with Crippen LogP contribution in [0.25, 0.3) is 0 Å². The van der Waals surface area contributed by atoms with Gasteiger partial charge in [-0.15, -0.1) is 0 Å². The van der Waals surface area contributed by atoms with Crippen LogP contribution in [0, 0.1) is 0 Å². The molecule has 4 nitrogen and oxygen atoms in total. The minimum absolute atomic E-state index is 0.0851. The normalized spacial score (nSPS) is 14.0. The van der Waals surface area contributed by atoms with Crippen LogP contribution in [0.2, 0.25) is 0 Å². The molecule has 0 aromatic rings. The van der Waals surface area contributed by atoms with Gasteiger partial charge in [-0.05, 0) is 19.1 Å². The number of aliphatic hydroxyl groups is 1. The number of nitrogens with zero attached hydrogens (tertiary/aromatic N) is 1. The van der Waals surface area contributed by atoms with Crippen LogP contribution < -0.4 is 5.73 Å². The molecule has 0 saturated heterocycles. The number of rotatable bonds is 3. The van der Waals surface area contributed by atoms with E-state index in [-0.39, 0.29) is 11.6 Å². The quantitative estimate of drug-likeness (QED) is 0.467. The highest BCUT2D eigenvalue weighted by molar-refractivity contribution is 9.11. The number of nitrogens with two attached hydrogens (primary N) is 1. The van der Waals surface area contributed by atoms with Gasteiger partial charge in [0, 0.05) is 24.2 Å². The third kappa shape index (κ3) is 4.69. The Morgan fingerprint density at radius 3 is 2.33 bits per heavy atom. The third-order valence-corrected chi connectivity index (χ3v) is 2.52. The van der Waals surface area contributed by atoms with Crippen molar-refractivity contribution in [1.82, 2.24) is 4.90 Å². The van der Waals surface area contributed by atoms with Crippen molar-refractivity contribution in [2.24, 2.45) is 5.73 Å². The Hall–Kier alpha value is -1.23. The average molecular weight is 275 g/mol. The van der Waals surface area contributed by atoms with Gasteiger partial charge >= 0.3 is 0 Å². The minimum atomic E-state index is -0.0851. The van der Waals surface area contributed by atoms with Gasteiger partial charge in [0.25, 0.3) is 0 Å². The van der Waals surface area contributed by atoms with Gasteiger partial charge in [0.15, 0.2) is 0 Å². The zero-order valence-electron chi connectivity index (χ0n) is 8.99. The predicted octanol–water partition coefficient (Wildman–Crippen LogP) is 1.66. The maximum Gasteiger partial charge on any atom is 0.250 e. The third-order valence-electron chi connectivity index (χ3n) is 1.66. The lowest BCUT2D eigenvalue weighted by Crippen LogP contribution is -2.22. The molecular weight excluding hydrogens is 260 g/mol. The van der Waals surface area contributed by atoms with Gasteiger partial charge in [-0.25, -0.2) is 0 Å². The van der Waals surface area contributed by atoms with Crippen LogP contribution in [0.4, 0.5) is 0 Å². The lowest BCUT2D eigenvalue weighted by molar-refractivity contribution is -0.124. The summed E-state index contributed by atoms with van der Waals surface area (Å²) >= 11 is 3.25. The zero-order valence-corrected chi connectivity index (χ0v) is 10.6. The molecule has 0 atom stereocenters. The summed E-state index contributed by atoms with van der Waals surface area (Å²) in [5.41, 5.74) is 6.13. The molecule has 0 aromatic carbocycles. The molecule has 0 fully saturated rings. The van der Waals surface area contributed by atoms with Gasteiger partial charge in [-0.3, -0.25) is 4.79 Å². The Morgan fingerprint density at radius 2 is 1.93 bits per heavy atom. The predicted molar refractivity (Wildman–Crippen MR) is 64.4 cm³/mol. The SMILES string of the molecule is C\C(C(=O)N(C)C)=C(Br)/C=C\C(N)=C\O. The summed E-state index contributed by atoms with van der Waals surface area (Å²) in [5.74, 6) is -0.0851. The molecule has 0 unspecified atom stereocenters. The molecule has 0 spiro atoms. The second-order valence-electron chi connectivity index (χ2n) is 3.13. The number of allylic oxidation sites excluding steroid dienone is 3. The summed E-state index contributed by atoms with van der Waals surface area (Å²) in [4.78, 5) is 13.0. The molecule has 0 aliphatic carbocycles. The number of hydrogen-bond acceptors (Lipinski definition) is 3. The van der Waals surface area contributed by atoms with Crippen molar-refractivity contribution in [3.05, 3.63) is 34.2 Å². The molecular formula is C10H15BrN2O2. The summed E-state index contributed by atoms with van der Waals surface area (Å²) < 4.78 is 0.631. The number of halogens is 1. The fraction of sp³-hybridized carbons (Fsp3) is 0.300. The van der Waals surface area contributed by atoms with E-state index in [2.05, 4.69) is 15.9 Å². The monoisotopic (exact) mass is 274 g/mol. The van der Waals surface area contributed by atoms with E-state index in [4.69, 9.17) is 10.8 Å². The first-order valence-electron chi connectivity index (χ1n) is 4.26. The number of likely N-dealkylation sites (N-methyl/N-ethyl adjacent to an activating group) is 1. The van der Waals surface area contributed by atoms with Crippen LogP contribution in [0.3, 0.4) is 0 Å². The van der Waals surface area contributed by atoms with Crippen LogP contribution >= 0.6 is 15.9 Å². The fourth-order valence-corrected chi connectivity index (χ4v) is 1.08.